The fourth-order valence-electron chi connectivity index (χ4n) is 3.42. The first-order valence-corrected chi connectivity index (χ1v) is 9.73. The molecule has 6 nitrogen and oxygen atoms in total. The van der Waals surface area contributed by atoms with Crippen molar-refractivity contribution in [3.8, 4) is 0 Å². The Balaban J connectivity index is 1.78. The Morgan fingerprint density at radius 3 is 2.46 bits per heavy atom. The Bertz CT molecular complexity index is 873. The number of nitro groups is 1. The second kappa shape index (κ2) is 9.41. The van der Waals surface area contributed by atoms with E-state index < -0.39 is 0 Å². The number of anilines is 1. The van der Waals surface area contributed by atoms with Crippen molar-refractivity contribution in [1.29, 1.82) is 0 Å². The highest BCUT2D eigenvalue weighted by Crippen LogP contribution is 2.33. The van der Waals surface area contributed by atoms with Crippen molar-refractivity contribution in [2.75, 3.05) is 31.1 Å². The number of hydrogen-bond acceptors (Lipinski definition) is 5. The predicted octanol–water partition coefficient (Wildman–Crippen LogP) is 3.62. The van der Waals surface area contributed by atoms with Crippen LogP contribution < -0.4 is 4.90 Å². The molecule has 1 fully saturated rings. The molecule has 9 heteroatoms. The SMILES string of the molecule is O=C[B]N1CCN(c2cccc(CCc3ccc(Cl)c(Cl)c3)c2[N+](=O)[O-])CC1. The lowest BCUT2D eigenvalue weighted by Crippen LogP contribution is -2.48. The van der Waals surface area contributed by atoms with E-state index in [0.29, 0.717) is 60.3 Å². The van der Waals surface area contributed by atoms with Crippen LogP contribution in [-0.2, 0) is 17.6 Å². The zero-order chi connectivity index (χ0) is 20.1. The summed E-state index contributed by atoms with van der Waals surface area (Å²) in [5.41, 5.74) is 2.44. The molecule has 2 aromatic rings. The quantitative estimate of drug-likeness (QED) is 0.297. The third-order valence-corrected chi connectivity index (χ3v) is 5.61. The first kappa shape index (κ1) is 20.6. The number of piperazine rings is 1. The maximum Gasteiger partial charge on any atom is 0.295 e. The second-order valence-corrected chi connectivity index (χ2v) is 7.41. The van der Waals surface area contributed by atoms with Gasteiger partial charge in [-0.05, 0) is 36.6 Å². The predicted molar refractivity (Wildman–Crippen MR) is 113 cm³/mol. The molecule has 1 saturated heterocycles. The van der Waals surface area contributed by atoms with Crippen LogP contribution in [0.1, 0.15) is 11.1 Å². The number of hydrogen-bond donors (Lipinski definition) is 0. The number of rotatable bonds is 7. The van der Waals surface area contributed by atoms with Crippen LogP contribution in [0.2, 0.25) is 10.0 Å². The van der Waals surface area contributed by atoms with Gasteiger partial charge in [0.1, 0.15) is 5.69 Å². The summed E-state index contributed by atoms with van der Waals surface area (Å²) in [7, 11) is 1.51. The molecule has 3 rings (SSSR count). The zero-order valence-corrected chi connectivity index (χ0v) is 16.7. The van der Waals surface area contributed by atoms with Gasteiger partial charge in [-0.3, -0.25) is 10.1 Å². The van der Waals surface area contributed by atoms with Crippen molar-refractivity contribution in [1.82, 2.24) is 4.81 Å². The summed E-state index contributed by atoms with van der Waals surface area (Å²) in [5, 5.41) is 12.8. The molecule has 0 N–H and O–H groups in total. The van der Waals surface area contributed by atoms with E-state index in [0.717, 1.165) is 11.7 Å². The number of nitrogens with zero attached hydrogens (tertiary/aromatic N) is 3. The topological polar surface area (TPSA) is 66.7 Å². The maximum absolute atomic E-state index is 11.8. The summed E-state index contributed by atoms with van der Waals surface area (Å²) >= 11 is 12.0. The summed E-state index contributed by atoms with van der Waals surface area (Å²) in [5.74, 6) is 0. The first-order valence-electron chi connectivity index (χ1n) is 8.97. The van der Waals surface area contributed by atoms with Crippen LogP contribution in [0.4, 0.5) is 11.4 Å². The van der Waals surface area contributed by atoms with Gasteiger partial charge in [-0.25, -0.2) is 0 Å². The summed E-state index contributed by atoms with van der Waals surface area (Å²) in [6.45, 7) is 2.57. The Morgan fingerprint density at radius 1 is 1.07 bits per heavy atom. The van der Waals surface area contributed by atoms with Crippen LogP contribution in [0.25, 0.3) is 0 Å². The third-order valence-electron chi connectivity index (χ3n) is 4.87. The van der Waals surface area contributed by atoms with Crippen LogP contribution >= 0.6 is 23.2 Å². The number of benzene rings is 2. The van der Waals surface area contributed by atoms with E-state index in [4.69, 9.17) is 23.2 Å². The van der Waals surface area contributed by atoms with Gasteiger partial charge in [0, 0.05) is 31.7 Å². The highest BCUT2D eigenvalue weighted by atomic mass is 35.5. The molecular weight excluding hydrogens is 400 g/mol. The van der Waals surface area contributed by atoms with Crippen molar-refractivity contribution >= 4 is 48.2 Å². The summed E-state index contributed by atoms with van der Waals surface area (Å²) in [6.07, 6.45) is 1.92. The largest absolute Gasteiger partial charge is 0.363 e. The van der Waals surface area contributed by atoms with Crippen LogP contribution in [0.15, 0.2) is 36.4 Å². The van der Waals surface area contributed by atoms with E-state index in [1.807, 2.05) is 21.8 Å². The molecule has 0 bridgehead atoms. The molecule has 28 heavy (non-hydrogen) atoms. The minimum Gasteiger partial charge on any atom is -0.363 e. The highest BCUT2D eigenvalue weighted by Gasteiger charge is 2.26. The fraction of sp³-hybridized carbons (Fsp3) is 0.316. The number of para-hydroxylation sites is 1. The van der Waals surface area contributed by atoms with Crippen LogP contribution in [0.3, 0.4) is 0 Å². The molecule has 0 atom stereocenters. The molecule has 1 aliphatic heterocycles. The van der Waals surface area contributed by atoms with Crippen LogP contribution in [0.5, 0.6) is 0 Å². The lowest BCUT2D eigenvalue weighted by Gasteiger charge is -2.35. The van der Waals surface area contributed by atoms with E-state index in [2.05, 4.69) is 0 Å². The molecule has 0 spiro atoms. The molecule has 145 valence electrons. The lowest BCUT2D eigenvalue weighted by molar-refractivity contribution is -0.384. The van der Waals surface area contributed by atoms with Crippen molar-refractivity contribution in [2.45, 2.75) is 12.8 Å². The molecule has 0 unspecified atom stereocenters. The minimum atomic E-state index is -0.302. The highest BCUT2D eigenvalue weighted by molar-refractivity contribution is 6.64. The van der Waals surface area contributed by atoms with E-state index in [1.54, 1.807) is 24.3 Å². The van der Waals surface area contributed by atoms with Crippen LogP contribution in [0, 0.1) is 10.1 Å². The van der Waals surface area contributed by atoms with Crippen LogP contribution in [-0.4, -0.2) is 49.5 Å². The normalized spacial score (nSPS) is 14.7. The van der Waals surface area contributed by atoms with Gasteiger partial charge in [0.2, 0.25) is 0 Å². The molecular formula is C19H19BCl2N3O3. The smallest absolute Gasteiger partial charge is 0.295 e. The van der Waals surface area contributed by atoms with Crippen molar-refractivity contribution in [2.24, 2.45) is 0 Å². The lowest BCUT2D eigenvalue weighted by atomic mass is 9.93. The van der Waals surface area contributed by atoms with Gasteiger partial charge in [-0.2, -0.15) is 0 Å². The van der Waals surface area contributed by atoms with Gasteiger partial charge < -0.3 is 14.5 Å². The van der Waals surface area contributed by atoms with Gasteiger partial charge in [0.25, 0.3) is 13.1 Å². The van der Waals surface area contributed by atoms with Gasteiger partial charge >= 0.3 is 0 Å². The van der Waals surface area contributed by atoms with Crippen molar-refractivity contribution in [3.05, 3.63) is 67.7 Å². The van der Waals surface area contributed by atoms with Gasteiger partial charge in [-0.15, -0.1) is 0 Å². The number of nitro benzene ring substituents is 1. The Morgan fingerprint density at radius 2 is 1.82 bits per heavy atom. The van der Waals surface area contributed by atoms with E-state index in [9.17, 15) is 14.9 Å². The molecule has 0 saturated carbocycles. The summed E-state index contributed by atoms with van der Waals surface area (Å²) in [6, 6.07) is 10.9. The average molecular weight is 419 g/mol. The van der Waals surface area contributed by atoms with E-state index >= 15 is 0 Å². The van der Waals surface area contributed by atoms with Crippen molar-refractivity contribution in [3.63, 3.8) is 0 Å². The monoisotopic (exact) mass is 418 g/mol. The summed E-state index contributed by atoms with van der Waals surface area (Å²) in [4.78, 5) is 26.1. The second-order valence-electron chi connectivity index (χ2n) is 6.60. The van der Waals surface area contributed by atoms with Gasteiger partial charge in [-0.1, -0.05) is 41.4 Å². The molecule has 0 amide bonds. The van der Waals surface area contributed by atoms with E-state index in [-0.39, 0.29) is 10.6 Å². The van der Waals surface area contributed by atoms with Crippen molar-refractivity contribution < 1.29 is 9.72 Å². The van der Waals surface area contributed by atoms with E-state index in [1.165, 1.54) is 7.41 Å². The molecule has 0 aromatic heterocycles. The molecule has 2 aromatic carbocycles. The third kappa shape index (κ3) is 4.84. The average Bonchev–Trinajstić information content (AvgIpc) is 2.69. The number of carbonyl (C=O) groups excluding carboxylic acids is 1. The molecule has 1 heterocycles. The Kier molecular flexibility index (Phi) is 6.94. The minimum absolute atomic E-state index is 0.148. The standard InChI is InChI=1S/C19H19BCl2N3O3/c21-16-7-5-14(12-17(16)22)4-6-15-2-1-3-18(19(15)25(27)28)23-8-10-24(11-9-23)20-13-26/h1-3,5,7,12-13H,4,6,8-11H2. The van der Waals surface area contributed by atoms with Gasteiger partial charge in [0.15, 0.2) is 0 Å². The first-order chi connectivity index (χ1) is 13.5. The molecule has 0 aliphatic carbocycles. The fourth-order valence-corrected chi connectivity index (χ4v) is 3.74. The molecule has 1 radical (unpaired) electrons. The molecule has 1 aliphatic rings. The Labute approximate surface area is 174 Å². The Hall–Kier alpha value is -2.09. The number of halogens is 2. The zero-order valence-electron chi connectivity index (χ0n) is 15.2. The number of aryl methyl sites for hydroxylation is 2. The number of carbonyl (C=O) groups is 1. The maximum atomic E-state index is 11.8. The summed E-state index contributed by atoms with van der Waals surface area (Å²) < 4.78 is 0. The van der Waals surface area contributed by atoms with Gasteiger partial charge in [0.05, 0.1) is 21.2 Å².